The second-order valence-corrected chi connectivity index (χ2v) is 7.98. The molecule has 3 heterocycles. The van der Waals surface area contributed by atoms with Gasteiger partial charge in [0.05, 0.1) is 11.3 Å². The number of nitrogens with zero attached hydrogens (tertiary/aromatic N) is 2. The van der Waals surface area contributed by atoms with Crippen LogP contribution in [0.5, 0.6) is 0 Å². The monoisotopic (exact) mass is 369 g/mol. The summed E-state index contributed by atoms with van der Waals surface area (Å²) in [7, 11) is 0. The minimum atomic E-state index is -0.437. The van der Waals surface area contributed by atoms with Gasteiger partial charge in [-0.25, -0.2) is 0 Å². The van der Waals surface area contributed by atoms with Crippen molar-refractivity contribution in [3.8, 4) is 0 Å². The number of imide groups is 1. The third-order valence-corrected chi connectivity index (χ3v) is 6.36. The molecule has 1 saturated heterocycles. The largest absolute Gasteiger partial charge is 0.396 e. The summed E-state index contributed by atoms with van der Waals surface area (Å²) in [6, 6.07) is 4.51. The van der Waals surface area contributed by atoms with Crippen molar-refractivity contribution in [2.24, 2.45) is 5.92 Å². The summed E-state index contributed by atoms with van der Waals surface area (Å²) in [5.74, 6) is -0.524. The van der Waals surface area contributed by atoms with Crippen LogP contribution >= 0.6 is 0 Å². The Bertz CT molecular complexity index is 915. The number of amides is 2. The van der Waals surface area contributed by atoms with E-state index < -0.39 is 5.92 Å². The topological polar surface area (TPSA) is 95.7 Å². The third-order valence-electron chi connectivity index (χ3n) is 6.36. The maximum atomic E-state index is 12.4. The highest BCUT2D eigenvalue weighted by Gasteiger charge is 2.37. The van der Waals surface area contributed by atoms with Crippen molar-refractivity contribution in [1.29, 1.82) is 0 Å². The number of aliphatic hydroxyl groups excluding tert-OH is 1. The van der Waals surface area contributed by atoms with Gasteiger partial charge in [-0.2, -0.15) is 0 Å². The molecule has 5 rings (SSSR count). The molecule has 2 aromatic rings. The average molecular weight is 369 g/mol. The molecule has 7 heteroatoms. The highest BCUT2D eigenvalue weighted by molar-refractivity contribution is 6.03. The van der Waals surface area contributed by atoms with E-state index >= 15 is 0 Å². The first kappa shape index (κ1) is 16.7. The Balaban J connectivity index is 1.54. The van der Waals surface area contributed by atoms with Gasteiger partial charge in [0.15, 0.2) is 5.58 Å². The fraction of sp³-hybridized carbons (Fsp3) is 0.550. The van der Waals surface area contributed by atoms with Crippen molar-refractivity contribution >= 4 is 28.5 Å². The first-order valence-electron chi connectivity index (χ1n) is 9.78. The number of hydrogen-bond acceptors (Lipinski definition) is 6. The van der Waals surface area contributed by atoms with Crippen LogP contribution in [0, 0.1) is 5.92 Å². The molecule has 1 unspecified atom stereocenters. The summed E-state index contributed by atoms with van der Waals surface area (Å²) < 4.78 is 5.55. The Morgan fingerprint density at radius 1 is 1.26 bits per heavy atom. The minimum absolute atomic E-state index is 0.222. The number of anilines is 1. The van der Waals surface area contributed by atoms with Crippen molar-refractivity contribution in [2.45, 2.75) is 50.5 Å². The van der Waals surface area contributed by atoms with Gasteiger partial charge < -0.3 is 14.5 Å². The maximum absolute atomic E-state index is 12.4. The predicted molar refractivity (Wildman–Crippen MR) is 98.4 cm³/mol. The summed E-state index contributed by atoms with van der Waals surface area (Å²) in [6.45, 7) is 1.28. The molecule has 2 amide bonds. The minimum Gasteiger partial charge on any atom is -0.396 e. The van der Waals surface area contributed by atoms with Gasteiger partial charge in [0.2, 0.25) is 11.8 Å². The predicted octanol–water partition coefficient (Wildman–Crippen LogP) is 1.87. The third kappa shape index (κ3) is 2.64. The molecule has 2 aliphatic heterocycles. The average Bonchev–Trinajstić information content (AvgIpc) is 3.05. The van der Waals surface area contributed by atoms with Crippen LogP contribution in [-0.2, 0) is 16.0 Å². The van der Waals surface area contributed by atoms with Crippen molar-refractivity contribution in [1.82, 2.24) is 10.5 Å². The molecule has 1 atom stereocenters. The zero-order valence-electron chi connectivity index (χ0n) is 15.1. The lowest BCUT2D eigenvalue weighted by atomic mass is 9.78. The van der Waals surface area contributed by atoms with Crippen LogP contribution in [0.4, 0.5) is 5.69 Å². The standard InChI is InChI=1S/C20H23N3O4/c24-10-11-8-12(9-11)23-7-1-2-13-15(23)4-5-16-18(13)19(22-27-16)14-3-6-17(25)21-20(14)26/h4-5,11-12,14,24H,1-3,6-10H2,(H,21,25,26). The second kappa shape index (κ2) is 6.34. The molecule has 1 aliphatic carbocycles. The molecule has 0 radical (unpaired) electrons. The molecular weight excluding hydrogens is 346 g/mol. The number of benzene rings is 1. The molecule has 3 aliphatic rings. The molecule has 27 heavy (non-hydrogen) atoms. The number of fused-ring (bicyclic) bond motifs is 3. The van der Waals surface area contributed by atoms with Crippen LogP contribution in [0.25, 0.3) is 11.0 Å². The lowest BCUT2D eigenvalue weighted by Gasteiger charge is -2.46. The van der Waals surface area contributed by atoms with Crippen molar-refractivity contribution in [3.05, 3.63) is 23.4 Å². The Labute approximate surface area is 156 Å². The van der Waals surface area contributed by atoms with E-state index in [-0.39, 0.29) is 18.4 Å². The highest BCUT2D eigenvalue weighted by Crippen LogP contribution is 2.42. The van der Waals surface area contributed by atoms with Gasteiger partial charge in [-0.3, -0.25) is 14.9 Å². The van der Waals surface area contributed by atoms with Gasteiger partial charge >= 0.3 is 0 Å². The van der Waals surface area contributed by atoms with E-state index in [1.165, 1.54) is 11.3 Å². The Morgan fingerprint density at radius 2 is 2.11 bits per heavy atom. The molecule has 1 aromatic carbocycles. The van der Waals surface area contributed by atoms with Crippen LogP contribution in [0.3, 0.4) is 0 Å². The van der Waals surface area contributed by atoms with Crippen molar-refractivity contribution in [2.75, 3.05) is 18.1 Å². The first-order chi connectivity index (χ1) is 13.2. The summed E-state index contributed by atoms with van der Waals surface area (Å²) >= 11 is 0. The van der Waals surface area contributed by atoms with Gasteiger partial charge in [-0.05, 0) is 55.7 Å². The maximum Gasteiger partial charge on any atom is 0.235 e. The van der Waals surface area contributed by atoms with Crippen LogP contribution < -0.4 is 10.2 Å². The first-order valence-corrected chi connectivity index (χ1v) is 9.78. The fourth-order valence-electron chi connectivity index (χ4n) is 4.86. The smallest absolute Gasteiger partial charge is 0.235 e. The van der Waals surface area contributed by atoms with Crippen LogP contribution in [-0.4, -0.2) is 41.3 Å². The summed E-state index contributed by atoms with van der Waals surface area (Å²) in [5.41, 5.74) is 3.77. The van der Waals surface area contributed by atoms with E-state index in [0.717, 1.165) is 37.6 Å². The van der Waals surface area contributed by atoms with Gasteiger partial charge in [0.1, 0.15) is 5.69 Å². The Morgan fingerprint density at radius 3 is 2.89 bits per heavy atom. The van der Waals surface area contributed by atoms with Gasteiger partial charge in [-0.1, -0.05) is 5.16 Å². The number of rotatable bonds is 3. The molecule has 1 aromatic heterocycles. The van der Waals surface area contributed by atoms with E-state index in [1.807, 2.05) is 6.07 Å². The second-order valence-electron chi connectivity index (χ2n) is 7.98. The van der Waals surface area contributed by atoms with E-state index in [2.05, 4.69) is 21.4 Å². The number of aryl methyl sites for hydroxylation is 1. The molecule has 142 valence electrons. The SMILES string of the molecule is O=C1CCC(c2noc3ccc4c(c23)CCCN4C2CC(CO)C2)C(=O)N1. The number of carbonyl (C=O) groups is 2. The van der Waals surface area contributed by atoms with E-state index in [0.29, 0.717) is 36.1 Å². The van der Waals surface area contributed by atoms with Gasteiger partial charge in [-0.15, -0.1) is 0 Å². The molecular formula is C20H23N3O4. The zero-order valence-corrected chi connectivity index (χ0v) is 15.1. The Hall–Kier alpha value is -2.41. The molecule has 0 bridgehead atoms. The molecule has 7 nitrogen and oxygen atoms in total. The molecule has 2 fully saturated rings. The number of aliphatic hydroxyl groups is 1. The lowest BCUT2D eigenvalue weighted by Crippen LogP contribution is -2.48. The van der Waals surface area contributed by atoms with E-state index in [4.69, 9.17) is 4.52 Å². The lowest BCUT2D eigenvalue weighted by molar-refractivity contribution is -0.134. The van der Waals surface area contributed by atoms with Gasteiger partial charge in [0, 0.05) is 31.3 Å². The fourth-order valence-corrected chi connectivity index (χ4v) is 4.86. The number of nitrogens with one attached hydrogen (secondary N) is 1. The van der Waals surface area contributed by atoms with Crippen LogP contribution in [0.15, 0.2) is 16.7 Å². The summed E-state index contributed by atoms with van der Waals surface area (Å²) in [6.07, 6.45) is 4.83. The van der Waals surface area contributed by atoms with Crippen molar-refractivity contribution in [3.63, 3.8) is 0 Å². The number of aromatic nitrogens is 1. The summed E-state index contributed by atoms with van der Waals surface area (Å²) in [4.78, 5) is 26.3. The number of hydrogen-bond donors (Lipinski definition) is 2. The van der Waals surface area contributed by atoms with Crippen molar-refractivity contribution < 1.29 is 19.2 Å². The molecule has 1 saturated carbocycles. The van der Waals surface area contributed by atoms with Gasteiger partial charge in [0.25, 0.3) is 0 Å². The molecule has 2 N–H and O–H groups in total. The normalized spacial score (nSPS) is 28.0. The number of piperidine rings is 1. The van der Waals surface area contributed by atoms with Crippen LogP contribution in [0.1, 0.15) is 49.3 Å². The Kier molecular flexibility index (Phi) is 3.93. The van der Waals surface area contributed by atoms with E-state index in [9.17, 15) is 14.7 Å². The molecule has 0 spiro atoms. The zero-order chi connectivity index (χ0) is 18.5. The quantitative estimate of drug-likeness (QED) is 0.802. The van der Waals surface area contributed by atoms with Crippen LogP contribution in [0.2, 0.25) is 0 Å². The highest BCUT2D eigenvalue weighted by atomic mass is 16.5. The summed E-state index contributed by atoms with van der Waals surface area (Å²) in [5, 5.41) is 16.9. The number of carbonyl (C=O) groups excluding carboxylic acids is 2. The van der Waals surface area contributed by atoms with E-state index in [1.54, 1.807) is 0 Å².